The number of esters is 1. The van der Waals surface area contributed by atoms with Gasteiger partial charge in [0.05, 0.1) is 16.8 Å². The largest absolute Gasteiger partial charge is 0.449 e. The van der Waals surface area contributed by atoms with E-state index in [0.29, 0.717) is 37.9 Å². The summed E-state index contributed by atoms with van der Waals surface area (Å²) in [4.78, 5) is 30.4. The summed E-state index contributed by atoms with van der Waals surface area (Å²) >= 11 is 15.4. The highest BCUT2D eigenvalue weighted by molar-refractivity contribution is 9.10. The Morgan fingerprint density at radius 3 is 2.33 bits per heavy atom. The van der Waals surface area contributed by atoms with Crippen molar-refractivity contribution in [3.63, 3.8) is 0 Å². The molecule has 0 aliphatic rings. The molecule has 0 radical (unpaired) electrons. The Balaban J connectivity index is 1.60. The number of fused-ring (bicyclic) bond motifs is 1. The van der Waals surface area contributed by atoms with Crippen LogP contribution in [0, 0.1) is 0 Å². The molecule has 8 heteroatoms. The van der Waals surface area contributed by atoms with E-state index in [-0.39, 0.29) is 0 Å². The summed E-state index contributed by atoms with van der Waals surface area (Å²) in [5.41, 5.74) is 2.85. The first kappa shape index (κ1) is 23.2. The van der Waals surface area contributed by atoms with Gasteiger partial charge < -0.3 is 10.1 Å². The highest BCUT2D eigenvalue weighted by Gasteiger charge is 2.22. The normalized spacial score (nSPS) is 11.8. The molecule has 1 amide bonds. The molecule has 5 nitrogen and oxygen atoms in total. The molecule has 166 valence electrons. The van der Waals surface area contributed by atoms with Gasteiger partial charge in [0.25, 0.3) is 5.91 Å². The standard InChI is InChI=1S/C25H17BrCl2N2O3/c1-14(24(31)29-19-11-17(27)10-18(28)12-19)33-25(32)21-13-23(15-6-8-16(26)9-7-15)30-22-5-3-2-4-20(21)22/h2-14H,1H3,(H,29,31). The average molecular weight is 544 g/mol. The summed E-state index contributed by atoms with van der Waals surface area (Å²) in [5.74, 6) is -1.13. The van der Waals surface area contributed by atoms with Crippen LogP contribution in [0.2, 0.25) is 10.0 Å². The Morgan fingerprint density at radius 2 is 1.64 bits per heavy atom. The molecule has 1 unspecified atom stereocenters. The Hall–Kier alpha value is -2.93. The van der Waals surface area contributed by atoms with Crippen molar-refractivity contribution >= 4 is 67.6 Å². The van der Waals surface area contributed by atoms with E-state index in [1.54, 1.807) is 30.3 Å². The molecular weight excluding hydrogens is 527 g/mol. The molecule has 1 aromatic heterocycles. The Morgan fingerprint density at radius 1 is 0.970 bits per heavy atom. The SMILES string of the molecule is CC(OC(=O)c1cc(-c2ccc(Br)cc2)nc2ccccc12)C(=O)Nc1cc(Cl)cc(Cl)c1. The first-order valence-electron chi connectivity index (χ1n) is 9.94. The number of carbonyl (C=O) groups excluding carboxylic acids is 2. The molecular formula is C25H17BrCl2N2O3. The average Bonchev–Trinajstić information content (AvgIpc) is 2.78. The number of nitrogens with zero attached hydrogens (tertiary/aromatic N) is 1. The van der Waals surface area contributed by atoms with Crippen LogP contribution < -0.4 is 5.32 Å². The van der Waals surface area contributed by atoms with E-state index in [4.69, 9.17) is 27.9 Å². The minimum Gasteiger partial charge on any atom is -0.449 e. The number of hydrogen-bond donors (Lipinski definition) is 1. The highest BCUT2D eigenvalue weighted by atomic mass is 79.9. The third-order valence-corrected chi connectivity index (χ3v) is 5.82. The monoisotopic (exact) mass is 542 g/mol. The third kappa shape index (κ3) is 5.53. The number of rotatable bonds is 5. The van der Waals surface area contributed by atoms with E-state index in [1.807, 2.05) is 42.5 Å². The maximum absolute atomic E-state index is 13.1. The van der Waals surface area contributed by atoms with Crippen molar-refractivity contribution in [3.8, 4) is 11.3 Å². The second kappa shape index (κ2) is 9.91. The van der Waals surface area contributed by atoms with E-state index in [0.717, 1.165) is 10.0 Å². The molecule has 4 aromatic rings. The maximum Gasteiger partial charge on any atom is 0.339 e. The van der Waals surface area contributed by atoms with Crippen LogP contribution in [0.5, 0.6) is 0 Å². The van der Waals surface area contributed by atoms with Crippen LogP contribution >= 0.6 is 39.1 Å². The minimum atomic E-state index is -1.06. The van der Waals surface area contributed by atoms with Crippen molar-refractivity contribution in [1.29, 1.82) is 0 Å². The predicted molar refractivity (Wildman–Crippen MR) is 135 cm³/mol. The van der Waals surface area contributed by atoms with Crippen molar-refractivity contribution < 1.29 is 14.3 Å². The van der Waals surface area contributed by atoms with Crippen molar-refractivity contribution in [1.82, 2.24) is 4.98 Å². The lowest BCUT2D eigenvalue weighted by atomic mass is 10.0. The molecule has 33 heavy (non-hydrogen) atoms. The molecule has 0 saturated carbocycles. The number of nitrogens with one attached hydrogen (secondary N) is 1. The van der Waals surface area contributed by atoms with Crippen LogP contribution in [0.1, 0.15) is 17.3 Å². The minimum absolute atomic E-state index is 0.323. The molecule has 1 heterocycles. The van der Waals surface area contributed by atoms with Gasteiger partial charge in [-0.3, -0.25) is 4.79 Å². The van der Waals surface area contributed by atoms with E-state index in [9.17, 15) is 9.59 Å². The number of para-hydroxylation sites is 1. The summed E-state index contributed by atoms with van der Waals surface area (Å²) in [6.45, 7) is 1.50. The van der Waals surface area contributed by atoms with Crippen molar-refractivity contribution in [3.05, 3.63) is 92.9 Å². The van der Waals surface area contributed by atoms with Crippen LogP contribution in [0.15, 0.2) is 77.3 Å². The molecule has 0 aliphatic heterocycles. The predicted octanol–water partition coefficient (Wildman–Crippen LogP) is 7.16. The van der Waals surface area contributed by atoms with Crippen LogP contribution in [-0.4, -0.2) is 23.0 Å². The number of halogens is 3. The zero-order valence-corrected chi connectivity index (χ0v) is 20.4. The first-order chi connectivity index (χ1) is 15.8. The Labute approximate surface area is 208 Å². The number of anilines is 1. The fourth-order valence-corrected chi connectivity index (χ4v) is 4.05. The topological polar surface area (TPSA) is 68.3 Å². The van der Waals surface area contributed by atoms with Gasteiger partial charge in [0.1, 0.15) is 0 Å². The zero-order valence-electron chi connectivity index (χ0n) is 17.3. The second-order valence-corrected chi connectivity index (χ2v) is 9.06. The fraction of sp³-hybridized carbons (Fsp3) is 0.0800. The Kier molecular flexibility index (Phi) is 6.98. The van der Waals surface area contributed by atoms with Gasteiger partial charge in [-0.25, -0.2) is 9.78 Å². The van der Waals surface area contributed by atoms with Gasteiger partial charge in [-0.05, 0) is 49.4 Å². The lowest BCUT2D eigenvalue weighted by Gasteiger charge is -2.15. The second-order valence-electron chi connectivity index (χ2n) is 7.27. The van der Waals surface area contributed by atoms with E-state index in [2.05, 4.69) is 26.2 Å². The van der Waals surface area contributed by atoms with Crippen LogP contribution in [0.3, 0.4) is 0 Å². The first-order valence-corrected chi connectivity index (χ1v) is 11.5. The van der Waals surface area contributed by atoms with Gasteiger partial charge in [0.2, 0.25) is 0 Å². The van der Waals surface area contributed by atoms with Crippen molar-refractivity contribution in [2.24, 2.45) is 0 Å². The molecule has 1 N–H and O–H groups in total. The summed E-state index contributed by atoms with van der Waals surface area (Å²) in [6, 6.07) is 21.2. The molecule has 0 bridgehead atoms. The Bertz CT molecular complexity index is 1340. The smallest absolute Gasteiger partial charge is 0.339 e. The van der Waals surface area contributed by atoms with Gasteiger partial charge in [-0.1, -0.05) is 69.5 Å². The fourth-order valence-electron chi connectivity index (χ4n) is 3.26. The summed E-state index contributed by atoms with van der Waals surface area (Å²) in [5, 5.41) is 4.06. The maximum atomic E-state index is 13.1. The van der Waals surface area contributed by atoms with E-state index >= 15 is 0 Å². The number of pyridine rings is 1. The van der Waals surface area contributed by atoms with Crippen molar-refractivity contribution in [2.45, 2.75) is 13.0 Å². The van der Waals surface area contributed by atoms with Crippen molar-refractivity contribution in [2.75, 3.05) is 5.32 Å². The quantitative estimate of drug-likeness (QED) is 0.271. The highest BCUT2D eigenvalue weighted by Crippen LogP contribution is 2.27. The van der Waals surface area contributed by atoms with Gasteiger partial charge in [0.15, 0.2) is 6.10 Å². The van der Waals surface area contributed by atoms with Gasteiger partial charge in [-0.2, -0.15) is 0 Å². The molecule has 4 rings (SSSR count). The molecule has 0 aliphatic carbocycles. The number of aromatic nitrogens is 1. The van der Waals surface area contributed by atoms with Gasteiger partial charge in [-0.15, -0.1) is 0 Å². The number of ether oxygens (including phenoxy) is 1. The number of benzene rings is 3. The van der Waals surface area contributed by atoms with Gasteiger partial charge >= 0.3 is 5.97 Å². The lowest BCUT2D eigenvalue weighted by Crippen LogP contribution is -2.30. The van der Waals surface area contributed by atoms with Crippen LogP contribution in [0.4, 0.5) is 5.69 Å². The summed E-state index contributed by atoms with van der Waals surface area (Å²) in [7, 11) is 0. The number of amides is 1. The van der Waals surface area contributed by atoms with Crippen LogP contribution in [-0.2, 0) is 9.53 Å². The lowest BCUT2D eigenvalue weighted by molar-refractivity contribution is -0.123. The number of hydrogen-bond acceptors (Lipinski definition) is 4. The van der Waals surface area contributed by atoms with E-state index in [1.165, 1.54) is 6.92 Å². The number of carbonyl (C=O) groups is 2. The molecule has 3 aromatic carbocycles. The third-order valence-electron chi connectivity index (χ3n) is 4.86. The molecule has 0 spiro atoms. The zero-order chi connectivity index (χ0) is 23.5. The summed E-state index contributed by atoms with van der Waals surface area (Å²) in [6.07, 6.45) is -1.06. The van der Waals surface area contributed by atoms with Crippen LogP contribution in [0.25, 0.3) is 22.2 Å². The van der Waals surface area contributed by atoms with Gasteiger partial charge in [0, 0.05) is 31.2 Å². The molecule has 0 fully saturated rings. The molecule has 1 atom stereocenters. The summed E-state index contributed by atoms with van der Waals surface area (Å²) < 4.78 is 6.43. The molecule has 0 saturated heterocycles. The van der Waals surface area contributed by atoms with E-state index < -0.39 is 18.0 Å².